The molecule has 158 valence electrons. The van der Waals surface area contributed by atoms with Crippen LogP contribution in [0.4, 0.5) is 5.82 Å². The molecule has 10 heteroatoms. The van der Waals surface area contributed by atoms with Crippen LogP contribution in [0, 0.1) is 0 Å². The zero-order valence-corrected chi connectivity index (χ0v) is 17.0. The Bertz CT molecular complexity index is 1050. The van der Waals surface area contributed by atoms with E-state index in [1.165, 1.54) is 0 Å². The molecular formula is C20H25N7O3. The van der Waals surface area contributed by atoms with Crippen molar-refractivity contribution in [1.82, 2.24) is 29.8 Å². The SMILES string of the molecule is CCn1nc(NC2CCOCC2)c2cc(-c3nc(CN4CCCC4=O)no3)cnc21. The fourth-order valence-corrected chi connectivity index (χ4v) is 4.02. The number of anilines is 1. The molecule has 1 amide bonds. The molecule has 2 aliphatic rings. The van der Waals surface area contributed by atoms with Crippen molar-refractivity contribution >= 4 is 22.8 Å². The Labute approximate surface area is 173 Å². The minimum atomic E-state index is 0.139. The first kappa shape index (κ1) is 19.0. The number of rotatable bonds is 6. The standard InChI is InChI=1S/C20H25N7O3/c1-2-27-19-15(18(24-27)22-14-5-8-29-9-6-14)10-13(11-21-19)20-23-16(25-30-20)12-26-7-3-4-17(26)28/h10-11,14H,2-9,12H2,1H3,(H,22,24). The Morgan fingerprint density at radius 3 is 2.93 bits per heavy atom. The lowest BCUT2D eigenvalue weighted by atomic mass is 10.1. The van der Waals surface area contributed by atoms with E-state index in [0.29, 0.717) is 30.7 Å². The first-order chi connectivity index (χ1) is 14.7. The van der Waals surface area contributed by atoms with Crippen molar-refractivity contribution in [2.75, 3.05) is 25.1 Å². The quantitative estimate of drug-likeness (QED) is 0.657. The summed E-state index contributed by atoms with van der Waals surface area (Å²) in [4.78, 5) is 22.7. The van der Waals surface area contributed by atoms with Gasteiger partial charge in [0.1, 0.15) is 0 Å². The third kappa shape index (κ3) is 3.62. The van der Waals surface area contributed by atoms with Crippen molar-refractivity contribution < 1.29 is 14.1 Å². The Morgan fingerprint density at radius 1 is 1.30 bits per heavy atom. The molecule has 0 spiro atoms. The summed E-state index contributed by atoms with van der Waals surface area (Å²) in [7, 11) is 0. The highest BCUT2D eigenvalue weighted by Gasteiger charge is 2.23. The van der Waals surface area contributed by atoms with E-state index >= 15 is 0 Å². The Kier molecular flexibility index (Phi) is 5.07. The van der Waals surface area contributed by atoms with Gasteiger partial charge in [-0.05, 0) is 32.3 Å². The smallest absolute Gasteiger partial charge is 0.259 e. The molecule has 10 nitrogen and oxygen atoms in total. The van der Waals surface area contributed by atoms with Gasteiger partial charge in [0, 0.05) is 45.0 Å². The molecule has 0 unspecified atom stereocenters. The van der Waals surface area contributed by atoms with Crippen LogP contribution in [0.15, 0.2) is 16.8 Å². The number of hydrogen-bond acceptors (Lipinski definition) is 8. The topological polar surface area (TPSA) is 111 Å². The van der Waals surface area contributed by atoms with Crippen LogP contribution >= 0.6 is 0 Å². The van der Waals surface area contributed by atoms with E-state index in [-0.39, 0.29) is 5.91 Å². The van der Waals surface area contributed by atoms with Crippen LogP contribution in [0.2, 0.25) is 0 Å². The number of likely N-dealkylation sites (tertiary alicyclic amines) is 1. The monoisotopic (exact) mass is 411 g/mol. The van der Waals surface area contributed by atoms with Gasteiger partial charge in [0.2, 0.25) is 5.91 Å². The van der Waals surface area contributed by atoms with Gasteiger partial charge in [-0.25, -0.2) is 9.67 Å². The predicted octanol–water partition coefficient (Wildman–Crippen LogP) is 2.21. The van der Waals surface area contributed by atoms with Gasteiger partial charge >= 0.3 is 0 Å². The van der Waals surface area contributed by atoms with E-state index in [2.05, 4.69) is 20.4 Å². The molecule has 0 saturated carbocycles. The molecule has 3 aromatic rings. The van der Waals surface area contributed by atoms with E-state index < -0.39 is 0 Å². The second-order valence-electron chi connectivity index (χ2n) is 7.73. The van der Waals surface area contributed by atoms with Crippen LogP contribution in [0.25, 0.3) is 22.5 Å². The Balaban J connectivity index is 1.42. The minimum Gasteiger partial charge on any atom is -0.381 e. The average molecular weight is 411 g/mol. The van der Waals surface area contributed by atoms with Gasteiger partial charge in [-0.2, -0.15) is 10.1 Å². The molecule has 5 rings (SSSR count). The van der Waals surface area contributed by atoms with Gasteiger partial charge < -0.3 is 19.5 Å². The number of fused-ring (bicyclic) bond motifs is 1. The second kappa shape index (κ2) is 8.02. The van der Waals surface area contributed by atoms with Crippen LogP contribution in [0.3, 0.4) is 0 Å². The molecule has 0 bridgehead atoms. The van der Waals surface area contributed by atoms with Crippen LogP contribution in [0.1, 0.15) is 38.4 Å². The van der Waals surface area contributed by atoms with Crippen LogP contribution in [-0.2, 0) is 22.6 Å². The molecule has 30 heavy (non-hydrogen) atoms. The number of pyridine rings is 1. The van der Waals surface area contributed by atoms with Gasteiger partial charge in [0.05, 0.1) is 17.5 Å². The number of ether oxygens (including phenoxy) is 1. The van der Waals surface area contributed by atoms with Crippen molar-refractivity contribution in [3.8, 4) is 11.5 Å². The van der Waals surface area contributed by atoms with Crippen molar-refractivity contribution in [1.29, 1.82) is 0 Å². The molecule has 1 N–H and O–H groups in total. The summed E-state index contributed by atoms with van der Waals surface area (Å²) < 4.78 is 12.8. The lowest BCUT2D eigenvalue weighted by Crippen LogP contribution is -2.28. The number of nitrogens with one attached hydrogen (secondary N) is 1. The van der Waals surface area contributed by atoms with Crippen LogP contribution < -0.4 is 5.32 Å². The van der Waals surface area contributed by atoms with Gasteiger partial charge in [-0.1, -0.05) is 5.16 Å². The number of nitrogens with zero attached hydrogens (tertiary/aromatic N) is 6. The first-order valence-electron chi connectivity index (χ1n) is 10.5. The fourth-order valence-electron chi connectivity index (χ4n) is 4.02. The van der Waals surface area contributed by atoms with Crippen LogP contribution in [0.5, 0.6) is 0 Å². The molecule has 0 aromatic carbocycles. The number of aryl methyl sites for hydroxylation is 1. The number of carbonyl (C=O) groups excluding carboxylic acids is 1. The van der Waals surface area contributed by atoms with Crippen molar-refractivity contribution in [2.24, 2.45) is 0 Å². The lowest BCUT2D eigenvalue weighted by molar-refractivity contribution is -0.128. The summed E-state index contributed by atoms with van der Waals surface area (Å²) in [5.74, 6) is 1.85. The normalized spacial score (nSPS) is 17.9. The number of carbonyl (C=O) groups is 1. The summed E-state index contributed by atoms with van der Waals surface area (Å²) in [6.07, 6.45) is 5.11. The van der Waals surface area contributed by atoms with Crippen molar-refractivity contribution in [3.63, 3.8) is 0 Å². The predicted molar refractivity (Wildman–Crippen MR) is 109 cm³/mol. The third-order valence-electron chi connectivity index (χ3n) is 5.67. The van der Waals surface area contributed by atoms with Gasteiger partial charge in [0.25, 0.3) is 5.89 Å². The molecule has 5 heterocycles. The zero-order valence-electron chi connectivity index (χ0n) is 17.0. The average Bonchev–Trinajstić information content (AvgIpc) is 3.49. The third-order valence-corrected chi connectivity index (χ3v) is 5.67. The summed E-state index contributed by atoms with van der Waals surface area (Å²) in [5.41, 5.74) is 1.55. The largest absolute Gasteiger partial charge is 0.381 e. The highest BCUT2D eigenvalue weighted by atomic mass is 16.5. The molecule has 0 aliphatic carbocycles. The molecule has 2 fully saturated rings. The summed E-state index contributed by atoms with van der Waals surface area (Å²) in [6, 6.07) is 2.32. The summed E-state index contributed by atoms with van der Waals surface area (Å²) in [5, 5.41) is 13.2. The van der Waals surface area contributed by atoms with Crippen molar-refractivity contribution in [2.45, 2.75) is 51.7 Å². The first-order valence-corrected chi connectivity index (χ1v) is 10.5. The molecule has 0 radical (unpaired) electrons. The summed E-state index contributed by atoms with van der Waals surface area (Å²) >= 11 is 0. The number of aromatic nitrogens is 5. The van der Waals surface area contributed by atoms with E-state index in [0.717, 1.165) is 68.0 Å². The van der Waals surface area contributed by atoms with Crippen molar-refractivity contribution in [3.05, 3.63) is 18.1 Å². The zero-order chi connectivity index (χ0) is 20.5. The van der Waals surface area contributed by atoms with Crippen LogP contribution in [-0.4, -0.2) is 61.5 Å². The second-order valence-corrected chi connectivity index (χ2v) is 7.73. The van der Waals surface area contributed by atoms with E-state index in [9.17, 15) is 4.79 Å². The maximum Gasteiger partial charge on any atom is 0.259 e. The molecule has 0 atom stereocenters. The summed E-state index contributed by atoms with van der Waals surface area (Å²) in [6.45, 7) is 5.42. The Hall–Kier alpha value is -3.01. The molecular weight excluding hydrogens is 386 g/mol. The fraction of sp³-hybridized carbons (Fsp3) is 0.550. The van der Waals surface area contributed by atoms with Gasteiger partial charge in [-0.15, -0.1) is 0 Å². The number of amides is 1. The minimum absolute atomic E-state index is 0.139. The highest BCUT2D eigenvalue weighted by molar-refractivity contribution is 5.90. The van der Waals surface area contributed by atoms with E-state index in [1.807, 2.05) is 17.7 Å². The Morgan fingerprint density at radius 2 is 2.17 bits per heavy atom. The molecule has 3 aromatic heterocycles. The maximum atomic E-state index is 11.8. The number of hydrogen-bond donors (Lipinski definition) is 1. The van der Waals surface area contributed by atoms with E-state index in [1.54, 1.807) is 11.1 Å². The van der Waals surface area contributed by atoms with Gasteiger partial charge in [-0.3, -0.25) is 4.79 Å². The highest BCUT2D eigenvalue weighted by Crippen LogP contribution is 2.28. The lowest BCUT2D eigenvalue weighted by Gasteiger charge is -2.23. The molecule has 2 aliphatic heterocycles. The van der Waals surface area contributed by atoms with E-state index in [4.69, 9.17) is 14.4 Å². The molecule has 2 saturated heterocycles. The van der Waals surface area contributed by atoms with Gasteiger partial charge in [0.15, 0.2) is 17.3 Å². The maximum absolute atomic E-state index is 11.8.